The van der Waals surface area contributed by atoms with E-state index >= 15 is 0 Å². The maximum absolute atomic E-state index is 13.8. The van der Waals surface area contributed by atoms with Crippen LogP contribution in [0.2, 0.25) is 0 Å². The Bertz CT molecular complexity index is 488. The molecule has 1 N–H and O–H groups in total. The summed E-state index contributed by atoms with van der Waals surface area (Å²) in [4.78, 5) is 11.9. The topological polar surface area (TPSA) is 38.3 Å². The molecule has 0 saturated carbocycles. The molecule has 0 aliphatic rings. The lowest BCUT2D eigenvalue weighted by Gasteiger charge is -2.18. The normalized spacial score (nSPS) is 13.0. The third-order valence-corrected chi connectivity index (χ3v) is 3.17. The van der Waals surface area contributed by atoms with Gasteiger partial charge in [-0.1, -0.05) is 22.0 Å². The molecule has 8 heteroatoms. The molecule has 1 amide bonds. The molecule has 1 rings (SSSR count). The van der Waals surface area contributed by atoms with Gasteiger partial charge in [-0.25, -0.2) is 4.39 Å². The molecule has 21 heavy (non-hydrogen) atoms. The maximum Gasteiger partial charge on any atom is 0.419 e. The lowest BCUT2D eigenvalue weighted by molar-refractivity contribution is -0.140. The third-order valence-electron chi connectivity index (χ3n) is 2.71. The van der Waals surface area contributed by atoms with E-state index in [2.05, 4.69) is 21.2 Å². The predicted molar refractivity (Wildman–Crippen MR) is 72.9 cm³/mol. The molecule has 0 radical (unpaired) electrons. The van der Waals surface area contributed by atoms with Crippen molar-refractivity contribution in [3.05, 3.63) is 35.1 Å². The molecule has 0 aromatic heterocycles. The fourth-order valence-electron chi connectivity index (χ4n) is 1.72. The molecule has 0 aliphatic carbocycles. The number of alkyl halides is 4. The van der Waals surface area contributed by atoms with Crippen LogP contribution in [-0.2, 0) is 10.9 Å². The number of amides is 1. The highest BCUT2D eigenvalue weighted by atomic mass is 79.9. The van der Waals surface area contributed by atoms with Gasteiger partial charge in [0.2, 0.25) is 0 Å². The number of ether oxygens (including phenoxy) is 1. The number of carbonyl (C=O) groups excluding carboxylic acids is 1. The van der Waals surface area contributed by atoms with Gasteiger partial charge in [-0.3, -0.25) is 4.79 Å². The van der Waals surface area contributed by atoms with Crippen molar-refractivity contribution in [2.24, 2.45) is 0 Å². The lowest BCUT2D eigenvalue weighted by atomic mass is 10.1. The summed E-state index contributed by atoms with van der Waals surface area (Å²) in [7, 11) is 1.43. The SMILES string of the molecule is COCC(CCBr)NC(=O)c1cccc(C(F)(F)F)c1F. The molecular weight excluding hydrogens is 358 g/mol. The van der Waals surface area contributed by atoms with Crippen LogP contribution < -0.4 is 5.32 Å². The third kappa shape index (κ3) is 4.96. The zero-order chi connectivity index (χ0) is 16.0. The quantitative estimate of drug-likeness (QED) is 0.614. The number of hydrogen-bond acceptors (Lipinski definition) is 2. The summed E-state index contributed by atoms with van der Waals surface area (Å²) in [6.45, 7) is 0.178. The summed E-state index contributed by atoms with van der Waals surface area (Å²) in [5, 5.41) is 3.02. The smallest absolute Gasteiger partial charge is 0.383 e. The number of halogens is 5. The number of methoxy groups -OCH3 is 1. The first kappa shape index (κ1) is 17.9. The largest absolute Gasteiger partial charge is 0.419 e. The first-order valence-corrected chi connectivity index (χ1v) is 7.14. The number of rotatable bonds is 6. The Labute approximate surface area is 127 Å². The van der Waals surface area contributed by atoms with Gasteiger partial charge in [0, 0.05) is 12.4 Å². The van der Waals surface area contributed by atoms with Crippen molar-refractivity contribution >= 4 is 21.8 Å². The molecule has 1 aromatic carbocycles. The van der Waals surface area contributed by atoms with E-state index in [9.17, 15) is 22.4 Å². The lowest BCUT2D eigenvalue weighted by Crippen LogP contribution is -2.38. The van der Waals surface area contributed by atoms with Gasteiger partial charge in [-0.15, -0.1) is 0 Å². The Morgan fingerprint density at radius 1 is 1.43 bits per heavy atom. The van der Waals surface area contributed by atoms with E-state index in [1.54, 1.807) is 0 Å². The Balaban J connectivity index is 2.97. The molecule has 0 fully saturated rings. The molecule has 0 spiro atoms. The van der Waals surface area contributed by atoms with Crippen LogP contribution in [0.5, 0.6) is 0 Å². The van der Waals surface area contributed by atoms with Crippen LogP contribution in [0.15, 0.2) is 18.2 Å². The fourth-order valence-corrected chi connectivity index (χ4v) is 2.27. The van der Waals surface area contributed by atoms with E-state index in [1.165, 1.54) is 7.11 Å². The maximum atomic E-state index is 13.8. The van der Waals surface area contributed by atoms with Crippen molar-refractivity contribution in [3.63, 3.8) is 0 Å². The van der Waals surface area contributed by atoms with Crippen molar-refractivity contribution in [1.29, 1.82) is 0 Å². The Morgan fingerprint density at radius 3 is 2.62 bits per heavy atom. The minimum atomic E-state index is -4.85. The molecule has 1 aromatic rings. The molecule has 0 aliphatic heterocycles. The first-order chi connectivity index (χ1) is 9.81. The van der Waals surface area contributed by atoms with Crippen molar-refractivity contribution in [2.75, 3.05) is 19.0 Å². The standard InChI is InChI=1S/C13H14BrF4NO2/c1-21-7-8(5-6-14)19-12(20)9-3-2-4-10(11(9)15)13(16,17)18/h2-4,8H,5-7H2,1H3,(H,19,20). The average molecular weight is 372 g/mol. The summed E-state index contributed by atoms with van der Waals surface area (Å²) in [6, 6.07) is 2.18. The van der Waals surface area contributed by atoms with Gasteiger partial charge in [-0.05, 0) is 18.6 Å². The van der Waals surface area contributed by atoms with Crippen molar-refractivity contribution in [2.45, 2.75) is 18.6 Å². The number of carbonyl (C=O) groups is 1. The van der Waals surface area contributed by atoms with Gasteiger partial charge in [0.15, 0.2) is 0 Å². The molecular formula is C13H14BrF4NO2. The van der Waals surface area contributed by atoms with E-state index in [-0.39, 0.29) is 6.61 Å². The van der Waals surface area contributed by atoms with Crippen molar-refractivity contribution in [3.8, 4) is 0 Å². The number of hydrogen-bond donors (Lipinski definition) is 1. The van der Waals surface area contributed by atoms with Crippen LogP contribution in [0, 0.1) is 5.82 Å². The van der Waals surface area contributed by atoms with Gasteiger partial charge in [0.05, 0.1) is 23.8 Å². The summed E-state index contributed by atoms with van der Waals surface area (Å²) in [6.07, 6.45) is -4.34. The van der Waals surface area contributed by atoms with Gasteiger partial charge >= 0.3 is 6.18 Å². The Kier molecular flexibility index (Phi) is 6.60. The van der Waals surface area contributed by atoms with E-state index in [4.69, 9.17) is 4.74 Å². The number of benzene rings is 1. The number of nitrogens with one attached hydrogen (secondary N) is 1. The predicted octanol–water partition coefficient (Wildman–Crippen LogP) is 3.37. The Hall–Kier alpha value is -1.15. The molecule has 3 nitrogen and oxygen atoms in total. The molecule has 0 saturated heterocycles. The van der Waals surface area contributed by atoms with Gasteiger partial charge in [0.25, 0.3) is 5.91 Å². The van der Waals surface area contributed by atoms with Crippen molar-refractivity contribution in [1.82, 2.24) is 5.32 Å². The van der Waals surface area contributed by atoms with Crippen LogP contribution in [-0.4, -0.2) is 31.0 Å². The summed E-state index contributed by atoms with van der Waals surface area (Å²) >= 11 is 3.19. The second-order valence-corrected chi connectivity index (χ2v) is 5.06. The monoisotopic (exact) mass is 371 g/mol. The van der Waals surface area contributed by atoms with Crippen LogP contribution in [0.4, 0.5) is 17.6 Å². The minimum absolute atomic E-state index is 0.178. The summed E-state index contributed by atoms with van der Waals surface area (Å²) in [5.74, 6) is -2.47. The van der Waals surface area contributed by atoms with E-state index in [0.717, 1.165) is 12.1 Å². The zero-order valence-electron chi connectivity index (χ0n) is 11.1. The molecule has 118 valence electrons. The fraction of sp³-hybridized carbons (Fsp3) is 0.462. The van der Waals surface area contributed by atoms with Crippen LogP contribution in [0.25, 0.3) is 0 Å². The van der Waals surface area contributed by atoms with E-state index < -0.39 is 35.1 Å². The second-order valence-electron chi connectivity index (χ2n) is 4.27. The van der Waals surface area contributed by atoms with Gasteiger partial charge in [0.1, 0.15) is 5.82 Å². The Morgan fingerprint density at radius 2 is 2.10 bits per heavy atom. The van der Waals surface area contributed by atoms with Crippen LogP contribution in [0.3, 0.4) is 0 Å². The van der Waals surface area contributed by atoms with E-state index in [1.807, 2.05) is 0 Å². The zero-order valence-corrected chi connectivity index (χ0v) is 12.7. The highest BCUT2D eigenvalue weighted by Crippen LogP contribution is 2.32. The summed E-state index contributed by atoms with van der Waals surface area (Å²) in [5.41, 5.74) is -2.10. The van der Waals surface area contributed by atoms with Crippen LogP contribution in [0.1, 0.15) is 22.3 Å². The second kappa shape index (κ2) is 7.74. The molecule has 1 atom stereocenters. The molecule has 0 bridgehead atoms. The highest BCUT2D eigenvalue weighted by Gasteiger charge is 2.35. The highest BCUT2D eigenvalue weighted by molar-refractivity contribution is 9.09. The first-order valence-electron chi connectivity index (χ1n) is 6.02. The molecule has 1 unspecified atom stereocenters. The van der Waals surface area contributed by atoms with Gasteiger partial charge < -0.3 is 10.1 Å². The van der Waals surface area contributed by atoms with Gasteiger partial charge in [-0.2, -0.15) is 13.2 Å². The minimum Gasteiger partial charge on any atom is -0.383 e. The van der Waals surface area contributed by atoms with Crippen molar-refractivity contribution < 1.29 is 27.1 Å². The summed E-state index contributed by atoms with van der Waals surface area (Å²) < 4.78 is 56.5. The van der Waals surface area contributed by atoms with Crippen LogP contribution >= 0.6 is 15.9 Å². The van der Waals surface area contributed by atoms with E-state index in [0.29, 0.717) is 17.8 Å². The average Bonchev–Trinajstić information content (AvgIpc) is 2.38. The molecule has 0 heterocycles.